The Kier molecular flexibility index (Phi) is 7.80. The second-order valence-corrected chi connectivity index (χ2v) is 6.00. The Morgan fingerprint density at radius 1 is 1.12 bits per heavy atom. The molecule has 2 rings (SSSR count). The number of aryl methyl sites for hydroxylation is 1. The summed E-state index contributed by atoms with van der Waals surface area (Å²) in [6.45, 7) is 6.21. The molecule has 140 valence electrons. The van der Waals surface area contributed by atoms with Gasteiger partial charge in [-0.2, -0.15) is 0 Å². The fourth-order valence-corrected chi connectivity index (χ4v) is 2.74. The van der Waals surface area contributed by atoms with Gasteiger partial charge in [0, 0.05) is 20.1 Å². The summed E-state index contributed by atoms with van der Waals surface area (Å²) in [6, 6.07) is 14.3. The molecule has 0 saturated heterocycles. The van der Waals surface area contributed by atoms with Crippen molar-refractivity contribution < 1.29 is 9.47 Å². The van der Waals surface area contributed by atoms with Crippen molar-refractivity contribution in [1.29, 1.82) is 0 Å². The molecule has 0 aromatic heterocycles. The maximum Gasteiger partial charge on any atom is 0.191 e. The van der Waals surface area contributed by atoms with E-state index < -0.39 is 0 Å². The van der Waals surface area contributed by atoms with Crippen LogP contribution in [0.25, 0.3) is 0 Å². The number of guanidine groups is 1. The highest BCUT2D eigenvalue weighted by atomic mass is 16.5. The first-order chi connectivity index (χ1) is 12.7. The third kappa shape index (κ3) is 5.99. The summed E-state index contributed by atoms with van der Waals surface area (Å²) in [5.41, 5.74) is 3.58. The number of rotatable bonds is 8. The van der Waals surface area contributed by atoms with Crippen LogP contribution in [0.3, 0.4) is 0 Å². The number of hydrogen-bond donors (Lipinski definition) is 2. The van der Waals surface area contributed by atoms with E-state index in [1.54, 1.807) is 14.2 Å². The van der Waals surface area contributed by atoms with E-state index in [0.717, 1.165) is 36.0 Å². The maximum atomic E-state index is 5.54. The second-order valence-electron chi connectivity index (χ2n) is 6.00. The predicted molar refractivity (Wildman–Crippen MR) is 107 cm³/mol. The fraction of sp³-hybridized carbons (Fsp3) is 0.381. The largest absolute Gasteiger partial charge is 0.496 e. The molecule has 0 aliphatic carbocycles. The Bertz CT molecular complexity index is 729. The Labute approximate surface area is 156 Å². The van der Waals surface area contributed by atoms with Gasteiger partial charge in [-0.15, -0.1) is 0 Å². The molecule has 5 nitrogen and oxygen atoms in total. The van der Waals surface area contributed by atoms with Crippen LogP contribution in [0, 0.1) is 6.92 Å². The number of nitrogens with zero attached hydrogens (tertiary/aromatic N) is 1. The van der Waals surface area contributed by atoms with E-state index in [1.165, 1.54) is 11.1 Å². The van der Waals surface area contributed by atoms with Crippen molar-refractivity contribution in [3.63, 3.8) is 0 Å². The minimum Gasteiger partial charge on any atom is -0.496 e. The Balaban J connectivity index is 1.85. The Morgan fingerprint density at radius 3 is 2.69 bits per heavy atom. The molecule has 0 atom stereocenters. The average Bonchev–Trinajstić information content (AvgIpc) is 2.65. The van der Waals surface area contributed by atoms with Crippen LogP contribution in [0.5, 0.6) is 11.5 Å². The highest BCUT2D eigenvalue weighted by Crippen LogP contribution is 2.19. The lowest BCUT2D eigenvalue weighted by Crippen LogP contribution is -2.37. The van der Waals surface area contributed by atoms with Crippen LogP contribution < -0.4 is 20.1 Å². The zero-order valence-corrected chi connectivity index (χ0v) is 16.1. The third-order valence-electron chi connectivity index (χ3n) is 4.02. The van der Waals surface area contributed by atoms with Crippen molar-refractivity contribution in [3.8, 4) is 11.5 Å². The molecule has 0 aliphatic heterocycles. The smallest absolute Gasteiger partial charge is 0.191 e. The molecule has 5 heteroatoms. The van der Waals surface area contributed by atoms with Crippen molar-refractivity contribution in [2.24, 2.45) is 4.99 Å². The molecule has 2 aromatic carbocycles. The average molecular weight is 355 g/mol. The Morgan fingerprint density at radius 2 is 1.96 bits per heavy atom. The van der Waals surface area contributed by atoms with Crippen molar-refractivity contribution >= 4 is 5.96 Å². The van der Waals surface area contributed by atoms with E-state index in [1.807, 2.05) is 31.2 Å². The van der Waals surface area contributed by atoms with Crippen LogP contribution in [0.4, 0.5) is 0 Å². The quantitative estimate of drug-likeness (QED) is 0.563. The van der Waals surface area contributed by atoms with Crippen molar-refractivity contribution in [3.05, 3.63) is 59.2 Å². The van der Waals surface area contributed by atoms with E-state index in [4.69, 9.17) is 9.47 Å². The summed E-state index contributed by atoms with van der Waals surface area (Å²) in [6.07, 6.45) is 0.866. The van der Waals surface area contributed by atoms with Gasteiger partial charge in [0.25, 0.3) is 0 Å². The molecule has 0 heterocycles. The van der Waals surface area contributed by atoms with E-state index in [2.05, 4.69) is 40.7 Å². The van der Waals surface area contributed by atoms with Gasteiger partial charge in [0.15, 0.2) is 5.96 Å². The van der Waals surface area contributed by atoms with Gasteiger partial charge in [0.1, 0.15) is 11.5 Å². The van der Waals surface area contributed by atoms with Crippen LogP contribution in [-0.2, 0) is 13.0 Å². The lowest BCUT2D eigenvalue weighted by molar-refractivity contribution is 0.340. The van der Waals surface area contributed by atoms with E-state index in [-0.39, 0.29) is 0 Å². The van der Waals surface area contributed by atoms with Crippen LogP contribution >= 0.6 is 0 Å². The SMILES string of the molecule is CCOc1cccc(CNC(=NC)NCCc2cc(C)ccc2OC)c1. The normalized spacial score (nSPS) is 11.2. The van der Waals surface area contributed by atoms with Gasteiger partial charge in [-0.3, -0.25) is 4.99 Å². The molecule has 0 fully saturated rings. The van der Waals surface area contributed by atoms with Crippen LogP contribution in [0.2, 0.25) is 0 Å². The minimum absolute atomic E-state index is 0.669. The molecular formula is C21H29N3O2. The summed E-state index contributed by atoms with van der Waals surface area (Å²) in [5, 5.41) is 6.68. The summed E-state index contributed by atoms with van der Waals surface area (Å²) in [5.74, 6) is 2.59. The molecule has 0 aliphatic rings. The maximum absolute atomic E-state index is 5.54. The standard InChI is InChI=1S/C21H29N3O2/c1-5-26-19-8-6-7-17(14-19)15-24-21(22-3)23-12-11-18-13-16(2)9-10-20(18)25-4/h6-10,13-14H,5,11-12,15H2,1-4H3,(H2,22,23,24). The van der Waals surface area contributed by atoms with Gasteiger partial charge >= 0.3 is 0 Å². The van der Waals surface area contributed by atoms with Crippen LogP contribution in [-0.4, -0.2) is 33.3 Å². The first-order valence-corrected chi connectivity index (χ1v) is 8.96. The number of ether oxygens (including phenoxy) is 2. The molecule has 0 amide bonds. The summed E-state index contributed by atoms with van der Waals surface area (Å²) >= 11 is 0. The zero-order valence-electron chi connectivity index (χ0n) is 16.1. The number of hydrogen-bond acceptors (Lipinski definition) is 3. The molecule has 0 bridgehead atoms. The molecule has 0 saturated carbocycles. The molecular weight excluding hydrogens is 326 g/mol. The van der Waals surface area contributed by atoms with Gasteiger partial charge in [0.2, 0.25) is 0 Å². The molecule has 26 heavy (non-hydrogen) atoms. The number of nitrogens with one attached hydrogen (secondary N) is 2. The minimum atomic E-state index is 0.669. The van der Waals surface area contributed by atoms with Crippen molar-refractivity contribution in [2.75, 3.05) is 27.3 Å². The predicted octanol–water partition coefficient (Wildman–Crippen LogP) is 3.31. The van der Waals surface area contributed by atoms with Gasteiger partial charge in [-0.25, -0.2) is 0 Å². The van der Waals surface area contributed by atoms with Gasteiger partial charge in [0.05, 0.1) is 13.7 Å². The molecule has 2 aromatic rings. The summed E-state index contributed by atoms with van der Waals surface area (Å²) < 4.78 is 11.0. The first kappa shape index (κ1) is 19.6. The molecule has 0 unspecified atom stereocenters. The molecule has 0 radical (unpaired) electrons. The van der Waals surface area contributed by atoms with E-state index in [0.29, 0.717) is 13.2 Å². The van der Waals surface area contributed by atoms with Crippen LogP contribution in [0.15, 0.2) is 47.5 Å². The lowest BCUT2D eigenvalue weighted by Gasteiger charge is -2.14. The number of aliphatic imine (C=N–C) groups is 1. The highest BCUT2D eigenvalue weighted by molar-refractivity contribution is 5.79. The van der Waals surface area contributed by atoms with E-state index in [9.17, 15) is 0 Å². The van der Waals surface area contributed by atoms with Gasteiger partial charge in [-0.1, -0.05) is 29.8 Å². The van der Waals surface area contributed by atoms with Gasteiger partial charge < -0.3 is 20.1 Å². The molecule has 2 N–H and O–H groups in total. The number of methoxy groups -OCH3 is 1. The van der Waals surface area contributed by atoms with Gasteiger partial charge in [-0.05, 0) is 49.6 Å². The summed E-state index contributed by atoms with van der Waals surface area (Å²) in [7, 11) is 3.48. The van der Waals surface area contributed by atoms with Crippen LogP contribution in [0.1, 0.15) is 23.6 Å². The number of benzene rings is 2. The lowest BCUT2D eigenvalue weighted by atomic mass is 10.1. The van der Waals surface area contributed by atoms with Crippen molar-refractivity contribution in [2.45, 2.75) is 26.8 Å². The molecule has 0 spiro atoms. The highest BCUT2D eigenvalue weighted by Gasteiger charge is 2.04. The fourth-order valence-electron chi connectivity index (χ4n) is 2.74. The zero-order chi connectivity index (χ0) is 18.8. The second kappa shape index (κ2) is 10.3. The monoisotopic (exact) mass is 355 g/mol. The third-order valence-corrected chi connectivity index (χ3v) is 4.02. The first-order valence-electron chi connectivity index (χ1n) is 8.96. The van der Waals surface area contributed by atoms with Crippen molar-refractivity contribution in [1.82, 2.24) is 10.6 Å². The Hall–Kier alpha value is -2.69. The topological polar surface area (TPSA) is 54.9 Å². The van der Waals surface area contributed by atoms with E-state index >= 15 is 0 Å². The summed E-state index contributed by atoms with van der Waals surface area (Å²) in [4.78, 5) is 4.29.